The lowest BCUT2D eigenvalue weighted by molar-refractivity contribution is 0.186. The molecule has 1 amide bonds. The van der Waals surface area contributed by atoms with E-state index in [-0.39, 0.29) is 5.95 Å². The van der Waals surface area contributed by atoms with Crippen molar-refractivity contribution in [3.63, 3.8) is 0 Å². The van der Waals surface area contributed by atoms with E-state index in [4.69, 9.17) is 5.73 Å². The van der Waals surface area contributed by atoms with E-state index in [9.17, 15) is 4.79 Å². The molecule has 3 rings (SSSR count). The van der Waals surface area contributed by atoms with E-state index in [1.165, 1.54) is 7.11 Å². The monoisotopic (exact) mass is 283 g/mol. The van der Waals surface area contributed by atoms with Crippen molar-refractivity contribution >= 4 is 23.4 Å². The van der Waals surface area contributed by atoms with E-state index >= 15 is 0 Å². The van der Waals surface area contributed by atoms with Crippen molar-refractivity contribution in [3.8, 4) is 11.4 Å². The fourth-order valence-corrected chi connectivity index (χ4v) is 2.02. The van der Waals surface area contributed by atoms with Crippen molar-refractivity contribution in [2.75, 3.05) is 18.2 Å². The molecule has 106 valence electrons. The van der Waals surface area contributed by atoms with Gasteiger partial charge < -0.3 is 10.5 Å². The van der Waals surface area contributed by atoms with Crippen LogP contribution in [0.3, 0.4) is 0 Å². The van der Waals surface area contributed by atoms with E-state index < -0.39 is 6.09 Å². The van der Waals surface area contributed by atoms with Gasteiger partial charge in [0.15, 0.2) is 5.82 Å². The lowest BCUT2D eigenvalue weighted by Gasteiger charge is -2.10. The molecule has 0 bridgehead atoms. The van der Waals surface area contributed by atoms with Gasteiger partial charge in [0.2, 0.25) is 5.95 Å². The van der Waals surface area contributed by atoms with Gasteiger partial charge in [-0.3, -0.25) is 9.72 Å². The van der Waals surface area contributed by atoms with Crippen LogP contribution in [-0.2, 0) is 4.74 Å². The first-order valence-corrected chi connectivity index (χ1v) is 6.24. The molecule has 21 heavy (non-hydrogen) atoms. The quantitative estimate of drug-likeness (QED) is 0.703. The summed E-state index contributed by atoms with van der Waals surface area (Å²) < 4.78 is 6.36. The number of nitrogen functional groups attached to an aromatic ring is 1. The second-order valence-electron chi connectivity index (χ2n) is 4.31. The van der Waals surface area contributed by atoms with Crippen LogP contribution in [0, 0.1) is 0 Å². The molecule has 0 saturated heterocycles. The number of fused-ring (bicyclic) bond motifs is 1. The van der Waals surface area contributed by atoms with Crippen molar-refractivity contribution in [3.05, 3.63) is 42.6 Å². The molecule has 0 unspecified atom stereocenters. The summed E-state index contributed by atoms with van der Waals surface area (Å²) in [6.07, 6.45) is 1.21. The first kappa shape index (κ1) is 12.9. The zero-order chi connectivity index (χ0) is 14.8. The molecule has 7 heteroatoms. The molecule has 0 fully saturated rings. The summed E-state index contributed by atoms with van der Waals surface area (Å²) in [6, 6.07) is 11.0. The zero-order valence-corrected chi connectivity index (χ0v) is 11.3. The number of carbonyl (C=O) groups excluding carboxylic acids is 1. The SMILES string of the molecule is COC(=O)Nc1nc(-c2ccccc2N)n2cccc2n1. The topological polar surface area (TPSA) is 94.5 Å². The van der Waals surface area contributed by atoms with Crippen molar-refractivity contribution < 1.29 is 9.53 Å². The van der Waals surface area contributed by atoms with Crippen molar-refractivity contribution in [2.45, 2.75) is 0 Å². The molecule has 0 aliphatic heterocycles. The second kappa shape index (κ2) is 5.12. The number of hydrogen-bond acceptors (Lipinski definition) is 5. The van der Waals surface area contributed by atoms with E-state index in [2.05, 4.69) is 20.0 Å². The molecular formula is C14H13N5O2. The molecule has 0 aliphatic carbocycles. The third-order valence-electron chi connectivity index (χ3n) is 2.99. The fourth-order valence-electron chi connectivity index (χ4n) is 2.02. The molecule has 3 N–H and O–H groups in total. The van der Waals surface area contributed by atoms with Crippen LogP contribution in [0.4, 0.5) is 16.4 Å². The van der Waals surface area contributed by atoms with Gasteiger partial charge in [0.1, 0.15) is 5.65 Å². The van der Waals surface area contributed by atoms with Crippen molar-refractivity contribution in [2.24, 2.45) is 0 Å². The minimum absolute atomic E-state index is 0.159. The third kappa shape index (κ3) is 2.36. The van der Waals surface area contributed by atoms with Gasteiger partial charge >= 0.3 is 6.09 Å². The number of para-hydroxylation sites is 1. The number of nitrogens with two attached hydrogens (primary N) is 1. The number of aromatic nitrogens is 3. The maximum atomic E-state index is 11.3. The minimum Gasteiger partial charge on any atom is -0.453 e. The van der Waals surface area contributed by atoms with E-state index in [1.54, 1.807) is 10.5 Å². The van der Waals surface area contributed by atoms with Crippen LogP contribution in [0.5, 0.6) is 0 Å². The summed E-state index contributed by atoms with van der Waals surface area (Å²) in [7, 11) is 1.28. The number of carbonyl (C=O) groups is 1. The minimum atomic E-state index is -0.627. The Labute approximate surface area is 120 Å². The van der Waals surface area contributed by atoms with Crippen molar-refractivity contribution in [1.29, 1.82) is 0 Å². The highest BCUT2D eigenvalue weighted by molar-refractivity contribution is 5.83. The predicted octanol–water partition coefficient (Wildman–Crippen LogP) is 2.16. The van der Waals surface area contributed by atoms with Crippen LogP contribution in [0.25, 0.3) is 17.0 Å². The highest BCUT2D eigenvalue weighted by atomic mass is 16.5. The average molecular weight is 283 g/mol. The molecule has 1 aromatic carbocycles. The summed E-state index contributed by atoms with van der Waals surface area (Å²) in [5.74, 6) is 0.751. The molecule has 7 nitrogen and oxygen atoms in total. The van der Waals surface area contributed by atoms with Crippen LogP contribution < -0.4 is 11.1 Å². The maximum absolute atomic E-state index is 11.3. The standard InChI is InChI=1S/C14H13N5O2/c1-21-14(20)18-13-16-11-7-4-8-19(11)12(17-13)9-5-2-3-6-10(9)15/h2-8H,15H2,1H3,(H,16,18,20). The van der Waals surface area contributed by atoms with Crippen LogP contribution in [0.15, 0.2) is 42.6 Å². The Balaban J connectivity index is 2.18. The van der Waals surface area contributed by atoms with Gasteiger partial charge in [-0.2, -0.15) is 9.97 Å². The Morgan fingerprint density at radius 1 is 1.24 bits per heavy atom. The van der Waals surface area contributed by atoms with Crippen LogP contribution in [0.1, 0.15) is 0 Å². The van der Waals surface area contributed by atoms with Crippen LogP contribution in [-0.4, -0.2) is 27.6 Å². The number of rotatable bonds is 2. The number of amides is 1. The van der Waals surface area contributed by atoms with Gasteiger partial charge in [0, 0.05) is 17.4 Å². The van der Waals surface area contributed by atoms with Gasteiger partial charge in [-0.1, -0.05) is 12.1 Å². The number of nitrogens with one attached hydrogen (secondary N) is 1. The fraction of sp³-hybridized carbons (Fsp3) is 0.0714. The smallest absolute Gasteiger partial charge is 0.413 e. The molecule has 2 heterocycles. The van der Waals surface area contributed by atoms with Gasteiger partial charge in [-0.25, -0.2) is 4.79 Å². The summed E-state index contributed by atoms with van der Waals surface area (Å²) in [4.78, 5) is 19.9. The Morgan fingerprint density at radius 2 is 2.05 bits per heavy atom. The first-order chi connectivity index (χ1) is 10.2. The van der Waals surface area contributed by atoms with E-state index in [0.717, 1.165) is 5.56 Å². The molecule has 0 atom stereocenters. The average Bonchev–Trinajstić information content (AvgIpc) is 2.95. The number of hydrogen-bond donors (Lipinski definition) is 2. The Morgan fingerprint density at radius 3 is 2.81 bits per heavy atom. The summed E-state index contributed by atoms with van der Waals surface area (Å²) in [6.45, 7) is 0. The number of benzene rings is 1. The normalized spacial score (nSPS) is 10.5. The Bertz CT molecular complexity index is 812. The van der Waals surface area contributed by atoms with Crippen LogP contribution >= 0.6 is 0 Å². The van der Waals surface area contributed by atoms with E-state index in [1.807, 2.05) is 36.5 Å². The molecule has 0 spiro atoms. The first-order valence-electron chi connectivity index (χ1n) is 6.24. The maximum Gasteiger partial charge on any atom is 0.413 e. The highest BCUT2D eigenvalue weighted by Gasteiger charge is 2.13. The van der Waals surface area contributed by atoms with E-state index in [0.29, 0.717) is 17.2 Å². The summed E-state index contributed by atoms with van der Waals surface area (Å²) >= 11 is 0. The molecule has 0 radical (unpaired) electrons. The zero-order valence-electron chi connectivity index (χ0n) is 11.3. The predicted molar refractivity (Wildman–Crippen MR) is 78.9 cm³/mol. The van der Waals surface area contributed by atoms with Gasteiger partial charge in [0.25, 0.3) is 0 Å². The largest absolute Gasteiger partial charge is 0.453 e. The summed E-state index contributed by atoms with van der Waals surface area (Å²) in [5.41, 5.74) is 8.00. The number of nitrogens with zero attached hydrogens (tertiary/aromatic N) is 3. The molecule has 0 saturated carbocycles. The Hall–Kier alpha value is -3.09. The molecule has 2 aromatic heterocycles. The highest BCUT2D eigenvalue weighted by Crippen LogP contribution is 2.25. The number of methoxy groups -OCH3 is 1. The molecule has 0 aliphatic rings. The third-order valence-corrected chi connectivity index (χ3v) is 2.99. The van der Waals surface area contributed by atoms with Gasteiger partial charge in [0.05, 0.1) is 7.11 Å². The van der Waals surface area contributed by atoms with Crippen molar-refractivity contribution in [1.82, 2.24) is 14.4 Å². The molecular weight excluding hydrogens is 270 g/mol. The van der Waals surface area contributed by atoms with Gasteiger partial charge in [-0.05, 0) is 24.3 Å². The van der Waals surface area contributed by atoms with Crippen LogP contribution in [0.2, 0.25) is 0 Å². The lowest BCUT2D eigenvalue weighted by atomic mass is 10.1. The Kier molecular flexibility index (Phi) is 3.15. The molecule has 3 aromatic rings. The number of ether oxygens (including phenoxy) is 1. The summed E-state index contributed by atoms with van der Waals surface area (Å²) in [5, 5.41) is 2.47. The second-order valence-corrected chi connectivity index (χ2v) is 4.31. The lowest BCUT2D eigenvalue weighted by Crippen LogP contribution is -2.15. The number of anilines is 2. The van der Waals surface area contributed by atoms with Gasteiger partial charge in [-0.15, -0.1) is 0 Å².